The van der Waals surface area contributed by atoms with Crippen molar-refractivity contribution in [2.45, 2.75) is 26.7 Å². The molecule has 144 valence electrons. The van der Waals surface area contributed by atoms with Crippen molar-refractivity contribution < 1.29 is 14.3 Å². The van der Waals surface area contributed by atoms with Crippen LogP contribution >= 0.6 is 0 Å². The minimum absolute atomic E-state index is 0.101. The molecule has 1 heterocycles. The quantitative estimate of drug-likeness (QED) is 0.479. The number of aliphatic imine (C=N–C) groups is 1. The summed E-state index contributed by atoms with van der Waals surface area (Å²) in [5.74, 6) is 1.98. The maximum absolute atomic E-state index is 11.9. The van der Waals surface area contributed by atoms with Crippen molar-refractivity contribution >= 4 is 11.9 Å². The van der Waals surface area contributed by atoms with Crippen LogP contribution < -0.4 is 10.1 Å². The van der Waals surface area contributed by atoms with Crippen molar-refractivity contribution in [2.24, 2.45) is 16.8 Å². The summed E-state index contributed by atoms with van der Waals surface area (Å²) in [6, 6.07) is 8.05. The number of para-hydroxylation sites is 1. The zero-order chi connectivity index (χ0) is 19.1. The second-order valence-electron chi connectivity index (χ2n) is 6.85. The first kappa shape index (κ1) is 20.1. The van der Waals surface area contributed by atoms with Gasteiger partial charge in [-0.1, -0.05) is 32.0 Å². The van der Waals surface area contributed by atoms with E-state index >= 15 is 0 Å². The average Bonchev–Trinajstić information content (AvgIpc) is 3.05. The van der Waals surface area contributed by atoms with E-state index in [1.807, 2.05) is 18.2 Å². The largest absolute Gasteiger partial charge is 0.496 e. The number of nitrogens with zero attached hydrogens (tertiary/aromatic N) is 2. The maximum atomic E-state index is 11.9. The fraction of sp³-hybridized carbons (Fsp3) is 0.600. The van der Waals surface area contributed by atoms with Crippen LogP contribution in [0.2, 0.25) is 0 Å². The van der Waals surface area contributed by atoms with E-state index in [-0.39, 0.29) is 23.7 Å². The van der Waals surface area contributed by atoms with Crippen molar-refractivity contribution in [3.63, 3.8) is 0 Å². The number of carbonyl (C=O) groups is 1. The maximum Gasteiger partial charge on any atom is 0.310 e. The lowest BCUT2D eigenvalue weighted by Gasteiger charge is -2.22. The van der Waals surface area contributed by atoms with Gasteiger partial charge in [0, 0.05) is 32.1 Å². The van der Waals surface area contributed by atoms with Gasteiger partial charge in [-0.15, -0.1) is 0 Å². The zero-order valence-electron chi connectivity index (χ0n) is 16.5. The molecule has 0 aromatic heterocycles. The summed E-state index contributed by atoms with van der Waals surface area (Å²) in [5, 5.41) is 3.35. The van der Waals surface area contributed by atoms with E-state index in [0.29, 0.717) is 13.1 Å². The molecule has 1 aliphatic heterocycles. The Bertz CT molecular complexity index is 632. The number of esters is 1. The minimum Gasteiger partial charge on any atom is -0.496 e. The molecule has 1 saturated heterocycles. The van der Waals surface area contributed by atoms with Crippen molar-refractivity contribution in [1.82, 2.24) is 10.2 Å². The Hall–Kier alpha value is -2.24. The highest BCUT2D eigenvalue weighted by Gasteiger charge is 2.36. The normalized spacial score (nSPS) is 21.4. The molecule has 6 nitrogen and oxygen atoms in total. The molecule has 3 unspecified atom stereocenters. The van der Waals surface area contributed by atoms with Crippen LogP contribution in [0.1, 0.15) is 32.3 Å². The number of nitrogens with one attached hydrogen (secondary N) is 1. The Kier molecular flexibility index (Phi) is 7.30. The van der Waals surface area contributed by atoms with Gasteiger partial charge in [-0.3, -0.25) is 9.79 Å². The molecule has 3 atom stereocenters. The second-order valence-corrected chi connectivity index (χ2v) is 6.85. The fourth-order valence-electron chi connectivity index (χ4n) is 3.42. The summed E-state index contributed by atoms with van der Waals surface area (Å²) in [5.41, 5.74) is 1.15. The molecule has 0 saturated carbocycles. The number of guanidine groups is 1. The molecule has 0 bridgehead atoms. The van der Waals surface area contributed by atoms with Gasteiger partial charge >= 0.3 is 5.97 Å². The standard InChI is InChI=1S/C20H31N3O3/c1-6-21-20(23-12-15(3)17(13-23)19(24)26-5)22-11-14(2)16-9-7-8-10-18(16)25-4/h7-10,14-15,17H,6,11-13H2,1-5H3,(H,21,22). The summed E-state index contributed by atoms with van der Waals surface area (Å²) in [7, 11) is 3.14. The molecule has 1 aliphatic rings. The summed E-state index contributed by atoms with van der Waals surface area (Å²) >= 11 is 0. The zero-order valence-corrected chi connectivity index (χ0v) is 16.5. The molecule has 0 amide bonds. The topological polar surface area (TPSA) is 63.2 Å². The lowest BCUT2D eigenvalue weighted by molar-refractivity contribution is -0.145. The van der Waals surface area contributed by atoms with E-state index < -0.39 is 0 Å². The van der Waals surface area contributed by atoms with Crippen LogP contribution in [0.3, 0.4) is 0 Å². The number of likely N-dealkylation sites (tertiary alicyclic amines) is 1. The van der Waals surface area contributed by atoms with E-state index in [4.69, 9.17) is 14.5 Å². The molecule has 0 spiro atoms. The fourth-order valence-corrected chi connectivity index (χ4v) is 3.42. The van der Waals surface area contributed by atoms with Crippen molar-refractivity contribution in [1.29, 1.82) is 0 Å². The summed E-state index contributed by atoms with van der Waals surface area (Å²) in [6.07, 6.45) is 0. The van der Waals surface area contributed by atoms with Gasteiger partial charge in [-0.05, 0) is 24.5 Å². The Morgan fingerprint density at radius 2 is 2.08 bits per heavy atom. The van der Waals surface area contributed by atoms with Crippen LogP contribution in [0.25, 0.3) is 0 Å². The predicted octanol–water partition coefficient (Wildman–Crippen LogP) is 2.51. The number of benzene rings is 1. The molecule has 1 fully saturated rings. The molecule has 0 radical (unpaired) electrons. The highest BCUT2D eigenvalue weighted by molar-refractivity contribution is 5.82. The van der Waals surface area contributed by atoms with Crippen molar-refractivity contribution in [3.8, 4) is 5.75 Å². The van der Waals surface area contributed by atoms with Crippen LogP contribution in [0.5, 0.6) is 5.75 Å². The van der Waals surface area contributed by atoms with Crippen LogP contribution in [0.15, 0.2) is 29.3 Å². The van der Waals surface area contributed by atoms with E-state index in [2.05, 4.69) is 37.1 Å². The van der Waals surface area contributed by atoms with Gasteiger partial charge in [0.1, 0.15) is 5.75 Å². The molecule has 1 aromatic rings. The highest BCUT2D eigenvalue weighted by Crippen LogP contribution is 2.27. The van der Waals surface area contributed by atoms with E-state index in [0.717, 1.165) is 30.4 Å². The number of hydrogen-bond acceptors (Lipinski definition) is 4. The molecular formula is C20H31N3O3. The number of rotatable bonds is 6. The van der Waals surface area contributed by atoms with Gasteiger partial charge in [0.15, 0.2) is 5.96 Å². The minimum atomic E-state index is -0.141. The second kappa shape index (κ2) is 9.46. The molecule has 6 heteroatoms. The molecule has 0 aliphatic carbocycles. The molecular weight excluding hydrogens is 330 g/mol. The van der Waals surface area contributed by atoms with Crippen molar-refractivity contribution in [2.75, 3.05) is 40.4 Å². The van der Waals surface area contributed by atoms with E-state index in [1.54, 1.807) is 7.11 Å². The summed E-state index contributed by atoms with van der Waals surface area (Å²) in [4.78, 5) is 18.9. The Labute approximate surface area is 156 Å². The average molecular weight is 361 g/mol. The Morgan fingerprint density at radius 1 is 1.35 bits per heavy atom. The number of carbonyl (C=O) groups excluding carboxylic acids is 1. The predicted molar refractivity (Wildman–Crippen MR) is 104 cm³/mol. The highest BCUT2D eigenvalue weighted by atomic mass is 16.5. The van der Waals surface area contributed by atoms with Gasteiger partial charge < -0.3 is 19.7 Å². The van der Waals surface area contributed by atoms with Gasteiger partial charge in [0.05, 0.1) is 20.1 Å². The lowest BCUT2D eigenvalue weighted by atomic mass is 9.99. The third kappa shape index (κ3) is 4.68. The number of methoxy groups -OCH3 is 2. The number of hydrogen-bond donors (Lipinski definition) is 1. The van der Waals surface area contributed by atoms with Gasteiger partial charge in [-0.2, -0.15) is 0 Å². The van der Waals surface area contributed by atoms with E-state index in [1.165, 1.54) is 7.11 Å². The van der Waals surface area contributed by atoms with Gasteiger partial charge in [-0.25, -0.2) is 0 Å². The third-order valence-electron chi connectivity index (χ3n) is 4.94. The summed E-state index contributed by atoms with van der Waals surface area (Å²) in [6.45, 7) is 9.16. The molecule has 26 heavy (non-hydrogen) atoms. The Morgan fingerprint density at radius 3 is 2.73 bits per heavy atom. The first-order valence-electron chi connectivity index (χ1n) is 9.25. The SMILES string of the molecule is CCNC(=NCC(C)c1ccccc1OC)N1CC(C)C(C(=O)OC)C1. The molecule has 2 rings (SSSR count). The first-order valence-corrected chi connectivity index (χ1v) is 9.25. The monoisotopic (exact) mass is 361 g/mol. The first-order chi connectivity index (χ1) is 12.5. The Balaban J connectivity index is 2.10. The van der Waals surface area contributed by atoms with Crippen LogP contribution in [-0.2, 0) is 9.53 Å². The smallest absolute Gasteiger partial charge is 0.310 e. The van der Waals surface area contributed by atoms with Crippen LogP contribution in [0.4, 0.5) is 0 Å². The van der Waals surface area contributed by atoms with Gasteiger partial charge in [0.2, 0.25) is 0 Å². The summed E-state index contributed by atoms with van der Waals surface area (Å²) < 4.78 is 10.4. The lowest BCUT2D eigenvalue weighted by Crippen LogP contribution is -2.40. The van der Waals surface area contributed by atoms with Gasteiger partial charge in [0.25, 0.3) is 0 Å². The van der Waals surface area contributed by atoms with E-state index in [9.17, 15) is 4.79 Å². The van der Waals surface area contributed by atoms with Crippen molar-refractivity contribution in [3.05, 3.63) is 29.8 Å². The van der Waals surface area contributed by atoms with Crippen LogP contribution in [-0.4, -0.2) is 57.2 Å². The van der Waals surface area contributed by atoms with Crippen LogP contribution in [0, 0.1) is 11.8 Å². The molecule has 1 N–H and O–H groups in total. The molecule has 1 aromatic carbocycles. The number of ether oxygens (including phenoxy) is 2. The third-order valence-corrected chi connectivity index (χ3v) is 4.94.